The van der Waals surface area contributed by atoms with Gasteiger partial charge < -0.3 is 10.6 Å². The maximum atomic E-state index is 11.4. The topological polar surface area (TPSA) is 58.2 Å². The average molecular weight is 235 g/mol. The normalized spacial score (nSPS) is 12.3. The Balaban J connectivity index is 4.24. The van der Waals surface area contributed by atoms with Gasteiger partial charge >= 0.3 is 0 Å². The molecule has 0 aliphatic heterocycles. The Labute approximate surface area is 95.7 Å². The summed E-state index contributed by atoms with van der Waals surface area (Å²) in [5.41, 5.74) is 0. The summed E-state index contributed by atoms with van der Waals surface area (Å²) in [6.45, 7) is 4.01. The fourth-order valence-corrected chi connectivity index (χ4v) is 1.40. The maximum absolute atomic E-state index is 11.4. The molecule has 15 heavy (non-hydrogen) atoms. The second kappa shape index (κ2) is 7.51. The highest BCUT2D eigenvalue weighted by Crippen LogP contribution is 2.05. The van der Waals surface area contributed by atoms with E-state index >= 15 is 0 Å². The number of nitrogens with one attached hydrogen (secondary N) is 2. The van der Waals surface area contributed by atoms with Crippen LogP contribution < -0.4 is 10.6 Å². The molecule has 0 fully saturated rings. The summed E-state index contributed by atoms with van der Waals surface area (Å²) in [5, 5.41) is 5.20. The fourth-order valence-electron chi connectivity index (χ4n) is 1.23. The van der Waals surface area contributed by atoms with E-state index in [0.29, 0.717) is 12.3 Å². The van der Waals surface area contributed by atoms with Crippen LogP contribution in [-0.4, -0.2) is 30.8 Å². The lowest BCUT2D eigenvalue weighted by atomic mass is 10.0. The predicted octanol–water partition coefficient (Wildman–Crippen LogP) is 0.892. The zero-order valence-electron chi connectivity index (χ0n) is 9.47. The van der Waals surface area contributed by atoms with Crippen LogP contribution in [0.5, 0.6) is 0 Å². The third kappa shape index (κ3) is 6.33. The van der Waals surface area contributed by atoms with Crippen LogP contribution in [0, 0.1) is 5.92 Å². The van der Waals surface area contributed by atoms with Crippen molar-refractivity contribution in [3.63, 3.8) is 0 Å². The summed E-state index contributed by atoms with van der Waals surface area (Å²) in [4.78, 5) is 22.7. The molecule has 0 spiro atoms. The number of hydrogen-bond acceptors (Lipinski definition) is 2. The molecule has 0 aromatic heterocycles. The molecule has 0 aliphatic carbocycles. The van der Waals surface area contributed by atoms with Crippen LogP contribution in [-0.2, 0) is 9.59 Å². The average Bonchev–Trinajstić information content (AvgIpc) is 2.15. The van der Waals surface area contributed by atoms with E-state index in [0.717, 1.165) is 0 Å². The van der Waals surface area contributed by atoms with Crippen LogP contribution in [0.2, 0.25) is 0 Å². The largest absolute Gasteiger partial charge is 0.357 e. The van der Waals surface area contributed by atoms with Crippen molar-refractivity contribution in [1.82, 2.24) is 10.6 Å². The van der Waals surface area contributed by atoms with Gasteiger partial charge in [0.2, 0.25) is 11.8 Å². The molecule has 5 heteroatoms. The molecule has 0 bridgehead atoms. The van der Waals surface area contributed by atoms with E-state index in [9.17, 15) is 9.59 Å². The van der Waals surface area contributed by atoms with Crippen molar-refractivity contribution in [3.8, 4) is 0 Å². The van der Waals surface area contributed by atoms with Crippen molar-refractivity contribution in [2.24, 2.45) is 5.92 Å². The summed E-state index contributed by atoms with van der Waals surface area (Å²) in [6.07, 6.45) is 0.876. The molecular formula is C10H19ClN2O2. The SMILES string of the molecule is CNC(=O)C(CC(C)C)NC(=O)CCCl. The van der Waals surface area contributed by atoms with Crippen molar-refractivity contribution in [2.45, 2.75) is 32.7 Å². The van der Waals surface area contributed by atoms with Gasteiger partial charge in [0.15, 0.2) is 0 Å². The summed E-state index contributed by atoms with van der Waals surface area (Å²) in [6, 6.07) is -0.453. The lowest BCUT2D eigenvalue weighted by molar-refractivity contribution is -0.128. The van der Waals surface area contributed by atoms with Crippen LogP contribution in [0.3, 0.4) is 0 Å². The van der Waals surface area contributed by atoms with Crippen molar-refractivity contribution in [1.29, 1.82) is 0 Å². The Morgan fingerprint density at radius 1 is 1.33 bits per heavy atom. The van der Waals surface area contributed by atoms with Gasteiger partial charge in [0, 0.05) is 19.3 Å². The second-order valence-electron chi connectivity index (χ2n) is 3.80. The number of rotatable bonds is 6. The van der Waals surface area contributed by atoms with E-state index in [1.807, 2.05) is 13.8 Å². The molecular weight excluding hydrogens is 216 g/mol. The number of likely N-dealkylation sites (N-methyl/N-ethyl adjacent to an activating group) is 1. The van der Waals surface area contributed by atoms with E-state index in [4.69, 9.17) is 11.6 Å². The molecule has 0 aliphatic rings. The molecule has 4 nitrogen and oxygen atoms in total. The zero-order chi connectivity index (χ0) is 11.8. The number of alkyl halides is 1. The molecule has 2 amide bonds. The van der Waals surface area contributed by atoms with E-state index < -0.39 is 6.04 Å². The number of hydrogen-bond donors (Lipinski definition) is 2. The van der Waals surface area contributed by atoms with E-state index in [1.165, 1.54) is 0 Å². The van der Waals surface area contributed by atoms with Crippen molar-refractivity contribution in [3.05, 3.63) is 0 Å². The fraction of sp³-hybridized carbons (Fsp3) is 0.800. The molecule has 0 saturated heterocycles. The van der Waals surface area contributed by atoms with E-state index in [1.54, 1.807) is 7.05 Å². The molecule has 0 saturated carbocycles. The standard InChI is InChI=1S/C10H19ClN2O2/c1-7(2)6-8(10(15)12-3)13-9(14)4-5-11/h7-8H,4-6H2,1-3H3,(H,12,15)(H,13,14). The van der Waals surface area contributed by atoms with Gasteiger partial charge in [0.25, 0.3) is 0 Å². The quantitative estimate of drug-likeness (QED) is 0.671. The molecule has 1 atom stereocenters. The maximum Gasteiger partial charge on any atom is 0.242 e. The van der Waals surface area contributed by atoms with Crippen LogP contribution in [0.15, 0.2) is 0 Å². The Kier molecular flexibility index (Phi) is 7.13. The molecule has 0 aromatic carbocycles. The first-order chi connectivity index (χ1) is 7.01. The summed E-state index contributed by atoms with van der Waals surface area (Å²) < 4.78 is 0. The Bertz CT molecular complexity index is 219. The molecule has 1 unspecified atom stereocenters. The van der Waals surface area contributed by atoms with Gasteiger partial charge in [-0.15, -0.1) is 11.6 Å². The minimum atomic E-state index is -0.453. The van der Waals surface area contributed by atoms with Gasteiger partial charge in [0.05, 0.1) is 0 Å². The highest BCUT2D eigenvalue weighted by atomic mass is 35.5. The van der Waals surface area contributed by atoms with Gasteiger partial charge in [-0.2, -0.15) is 0 Å². The van der Waals surface area contributed by atoms with Crippen LogP contribution in [0.1, 0.15) is 26.7 Å². The number of carbonyl (C=O) groups is 2. The van der Waals surface area contributed by atoms with Gasteiger partial charge in [-0.25, -0.2) is 0 Å². The molecule has 0 heterocycles. The van der Waals surface area contributed by atoms with Crippen LogP contribution >= 0.6 is 11.6 Å². The van der Waals surface area contributed by atoms with Crippen molar-refractivity contribution in [2.75, 3.05) is 12.9 Å². The monoisotopic (exact) mass is 234 g/mol. The minimum absolute atomic E-state index is 0.161. The van der Waals surface area contributed by atoms with Gasteiger partial charge in [-0.05, 0) is 12.3 Å². The smallest absolute Gasteiger partial charge is 0.242 e. The van der Waals surface area contributed by atoms with Gasteiger partial charge in [-0.3, -0.25) is 9.59 Å². The van der Waals surface area contributed by atoms with Crippen LogP contribution in [0.25, 0.3) is 0 Å². The molecule has 2 N–H and O–H groups in total. The molecule has 88 valence electrons. The van der Waals surface area contributed by atoms with E-state index in [2.05, 4.69) is 10.6 Å². The molecule has 0 radical (unpaired) electrons. The number of halogens is 1. The second-order valence-corrected chi connectivity index (χ2v) is 4.18. The Hall–Kier alpha value is -0.770. The number of amides is 2. The lowest BCUT2D eigenvalue weighted by Gasteiger charge is -2.18. The molecule has 0 aromatic rings. The minimum Gasteiger partial charge on any atom is -0.357 e. The highest BCUT2D eigenvalue weighted by molar-refractivity contribution is 6.18. The Morgan fingerprint density at radius 3 is 2.33 bits per heavy atom. The first kappa shape index (κ1) is 14.2. The van der Waals surface area contributed by atoms with Crippen molar-refractivity contribution < 1.29 is 9.59 Å². The third-order valence-electron chi connectivity index (χ3n) is 1.93. The number of carbonyl (C=O) groups excluding carboxylic acids is 2. The van der Waals surface area contributed by atoms with Crippen molar-refractivity contribution >= 4 is 23.4 Å². The van der Waals surface area contributed by atoms with E-state index in [-0.39, 0.29) is 24.1 Å². The molecule has 0 rings (SSSR count). The van der Waals surface area contributed by atoms with Gasteiger partial charge in [0.1, 0.15) is 6.04 Å². The van der Waals surface area contributed by atoms with Crippen LogP contribution in [0.4, 0.5) is 0 Å². The lowest BCUT2D eigenvalue weighted by Crippen LogP contribution is -2.46. The van der Waals surface area contributed by atoms with Gasteiger partial charge in [-0.1, -0.05) is 13.8 Å². The summed E-state index contributed by atoms with van der Waals surface area (Å²) in [5.74, 6) is 0.281. The third-order valence-corrected chi connectivity index (χ3v) is 2.12. The first-order valence-electron chi connectivity index (χ1n) is 5.08. The highest BCUT2D eigenvalue weighted by Gasteiger charge is 2.20. The Morgan fingerprint density at radius 2 is 1.93 bits per heavy atom. The zero-order valence-corrected chi connectivity index (χ0v) is 10.2. The predicted molar refractivity (Wildman–Crippen MR) is 60.8 cm³/mol. The summed E-state index contributed by atoms with van der Waals surface area (Å²) in [7, 11) is 1.56. The first-order valence-corrected chi connectivity index (χ1v) is 5.61. The summed E-state index contributed by atoms with van der Waals surface area (Å²) >= 11 is 5.44.